The molecule has 1 aliphatic heterocycles. The second-order valence-corrected chi connectivity index (χ2v) is 6.52. The van der Waals surface area contributed by atoms with Gasteiger partial charge in [-0.1, -0.05) is 12.1 Å². The zero-order valence-corrected chi connectivity index (χ0v) is 14.4. The fourth-order valence-electron chi connectivity index (χ4n) is 3.23. The summed E-state index contributed by atoms with van der Waals surface area (Å²) in [5.74, 6) is 0.500. The Bertz CT molecular complexity index is 737. The number of piperidine rings is 1. The Morgan fingerprint density at radius 1 is 1.40 bits per heavy atom. The third-order valence-electron chi connectivity index (χ3n) is 4.45. The molecule has 1 aromatic carbocycles. The van der Waals surface area contributed by atoms with Crippen molar-refractivity contribution in [2.75, 3.05) is 13.1 Å². The third kappa shape index (κ3) is 5.06. The molecule has 0 aliphatic carbocycles. The highest BCUT2D eigenvalue weighted by Gasteiger charge is 2.25. The number of hydrogen-bond acceptors (Lipinski definition) is 4. The van der Waals surface area contributed by atoms with Gasteiger partial charge in [0.05, 0.1) is 18.2 Å². The molecular formula is C19H23FN4O. The number of aromatic nitrogens is 2. The van der Waals surface area contributed by atoms with E-state index in [1.54, 1.807) is 18.3 Å². The SMILES string of the molecule is Cc1nccc(CNC(=O)[C@@H]2CCCN(Cc3cccc(F)c3)C2)n1. The number of likely N-dealkylation sites (tertiary alicyclic amines) is 1. The summed E-state index contributed by atoms with van der Waals surface area (Å²) >= 11 is 0. The van der Waals surface area contributed by atoms with Gasteiger partial charge < -0.3 is 5.32 Å². The van der Waals surface area contributed by atoms with E-state index in [0.29, 0.717) is 25.5 Å². The lowest BCUT2D eigenvalue weighted by atomic mass is 9.96. The fraction of sp³-hybridized carbons (Fsp3) is 0.421. The first kappa shape index (κ1) is 17.5. The Labute approximate surface area is 147 Å². The highest BCUT2D eigenvalue weighted by molar-refractivity contribution is 5.78. The molecule has 1 aromatic heterocycles. The van der Waals surface area contributed by atoms with Crippen LogP contribution in [0.3, 0.4) is 0 Å². The summed E-state index contributed by atoms with van der Waals surface area (Å²) in [6.45, 7) is 4.56. The van der Waals surface area contributed by atoms with Crippen LogP contribution >= 0.6 is 0 Å². The molecule has 0 bridgehead atoms. The van der Waals surface area contributed by atoms with Crippen molar-refractivity contribution in [1.82, 2.24) is 20.2 Å². The summed E-state index contributed by atoms with van der Waals surface area (Å²) in [5.41, 5.74) is 1.76. The quantitative estimate of drug-likeness (QED) is 0.907. The highest BCUT2D eigenvalue weighted by atomic mass is 19.1. The molecule has 132 valence electrons. The summed E-state index contributed by atoms with van der Waals surface area (Å²) in [5, 5.41) is 2.97. The van der Waals surface area contributed by atoms with Crippen LogP contribution in [0.15, 0.2) is 36.5 Å². The minimum Gasteiger partial charge on any atom is -0.350 e. The van der Waals surface area contributed by atoms with Gasteiger partial charge in [0.15, 0.2) is 0 Å². The minimum atomic E-state index is -0.219. The Hall–Kier alpha value is -2.34. The van der Waals surface area contributed by atoms with E-state index < -0.39 is 0 Å². The highest BCUT2D eigenvalue weighted by Crippen LogP contribution is 2.19. The number of benzene rings is 1. The standard InChI is InChI=1S/C19H23FN4O/c1-14-21-8-7-18(23-14)11-22-19(25)16-5-3-9-24(13-16)12-15-4-2-6-17(20)10-15/h2,4,6-8,10,16H,3,5,9,11-13H2,1H3,(H,22,25)/t16-/m1/s1. The Kier molecular flexibility index (Phi) is 5.71. The van der Waals surface area contributed by atoms with Crippen molar-refractivity contribution in [2.24, 2.45) is 5.92 Å². The topological polar surface area (TPSA) is 58.1 Å². The fourth-order valence-corrected chi connectivity index (χ4v) is 3.23. The van der Waals surface area contributed by atoms with Gasteiger partial charge in [0.2, 0.25) is 5.91 Å². The van der Waals surface area contributed by atoms with Gasteiger partial charge in [0, 0.05) is 19.3 Å². The number of hydrogen-bond donors (Lipinski definition) is 1. The second-order valence-electron chi connectivity index (χ2n) is 6.52. The summed E-state index contributed by atoms with van der Waals surface area (Å²) in [7, 11) is 0. The minimum absolute atomic E-state index is 0.0368. The number of nitrogens with zero attached hydrogens (tertiary/aromatic N) is 3. The molecule has 3 rings (SSSR count). The first-order valence-corrected chi connectivity index (χ1v) is 8.63. The third-order valence-corrected chi connectivity index (χ3v) is 4.45. The van der Waals surface area contributed by atoms with Crippen LogP contribution in [-0.2, 0) is 17.9 Å². The number of nitrogens with one attached hydrogen (secondary N) is 1. The van der Waals surface area contributed by atoms with Crippen molar-refractivity contribution in [3.05, 3.63) is 59.4 Å². The molecule has 5 nitrogen and oxygen atoms in total. The van der Waals surface area contributed by atoms with Crippen molar-refractivity contribution in [3.63, 3.8) is 0 Å². The maximum Gasteiger partial charge on any atom is 0.224 e. The summed E-state index contributed by atoms with van der Waals surface area (Å²) in [6.07, 6.45) is 3.56. The van der Waals surface area contributed by atoms with Gasteiger partial charge in [-0.3, -0.25) is 9.69 Å². The van der Waals surface area contributed by atoms with Crippen molar-refractivity contribution in [3.8, 4) is 0 Å². The lowest BCUT2D eigenvalue weighted by molar-refractivity contribution is -0.127. The molecular weight excluding hydrogens is 319 g/mol. The monoisotopic (exact) mass is 342 g/mol. The normalized spacial score (nSPS) is 18.1. The molecule has 0 saturated carbocycles. The largest absolute Gasteiger partial charge is 0.350 e. The van der Waals surface area contributed by atoms with Crippen molar-refractivity contribution in [2.45, 2.75) is 32.9 Å². The number of rotatable bonds is 5. The summed E-state index contributed by atoms with van der Waals surface area (Å²) < 4.78 is 13.3. The van der Waals surface area contributed by atoms with Crippen LogP contribution < -0.4 is 5.32 Å². The summed E-state index contributed by atoms with van der Waals surface area (Å²) in [6, 6.07) is 8.46. The molecule has 1 amide bonds. The van der Waals surface area contributed by atoms with Crippen molar-refractivity contribution < 1.29 is 9.18 Å². The average Bonchev–Trinajstić information content (AvgIpc) is 2.60. The maximum absolute atomic E-state index is 13.3. The van der Waals surface area contributed by atoms with Gasteiger partial charge in [-0.15, -0.1) is 0 Å². The molecule has 2 heterocycles. The molecule has 1 saturated heterocycles. The van der Waals surface area contributed by atoms with Crippen molar-refractivity contribution in [1.29, 1.82) is 0 Å². The molecule has 6 heteroatoms. The first-order valence-electron chi connectivity index (χ1n) is 8.63. The smallest absolute Gasteiger partial charge is 0.224 e. The van der Waals surface area contributed by atoms with E-state index in [-0.39, 0.29) is 17.6 Å². The molecule has 0 spiro atoms. The molecule has 1 fully saturated rings. The first-order chi connectivity index (χ1) is 12.1. The van der Waals surface area contributed by atoms with E-state index in [4.69, 9.17) is 0 Å². The van der Waals surface area contributed by atoms with Gasteiger partial charge >= 0.3 is 0 Å². The van der Waals surface area contributed by atoms with Crippen LogP contribution in [0.4, 0.5) is 4.39 Å². The molecule has 0 unspecified atom stereocenters. The van der Waals surface area contributed by atoms with Gasteiger partial charge in [-0.25, -0.2) is 14.4 Å². The molecule has 1 atom stereocenters. The van der Waals surface area contributed by atoms with Gasteiger partial charge in [-0.2, -0.15) is 0 Å². The number of carbonyl (C=O) groups excluding carboxylic acids is 1. The molecule has 2 aromatic rings. The van der Waals surface area contributed by atoms with E-state index >= 15 is 0 Å². The van der Waals surface area contributed by atoms with Crippen LogP contribution in [0.2, 0.25) is 0 Å². The van der Waals surface area contributed by atoms with Crippen LogP contribution in [0.25, 0.3) is 0 Å². The van der Waals surface area contributed by atoms with E-state index in [0.717, 1.165) is 30.6 Å². The lowest BCUT2D eigenvalue weighted by Gasteiger charge is -2.32. The zero-order valence-electron chi connectivity index (χ0n) is 14.4. The van der Waals surface area contributed by atoms with Crippen LogP contribution in [0.1, 0.15) is 29.9 Å². The maximum atomic E-state index is 13.3. The molecule has 25 heavy (non-hydrogen) atoms. The van der Waals surface area contributed by atoms with Gasteiger partial charge in [-0.05, 0) is 50.1 Å². The van der Waals surface area contributed by atoms with E-state index in [9.17, 15) is 9.18 Å². The van der Waals surface area contributed by atoms with E-state index in [1.165, 1.54) is 6.07 Å². The van der Waals surface area contributed by atoms with Crippen LogP contribution in [0.5, 0.6) is 0 Å². The number of carbonyl (C=O) groups is 1. The average molecular weight is 342 g/mol. The number of aryl methyl sites for hydroxylation is 1. The zero-order chi connectivity index (χ0) is 17.6. The van der Waals surface area contributed by atoms with Crippen molar-refractivity contribution >= 4 is 5.91 Å². The second kappa shape index (κ2) is 8.16. The summed E-state index contributed by atoms with van der Waals surface area (Å²) in [4.78, 5) is 23.0. The Balaban J connectivity index is 1.52. The van der Waals surface area contributed by atoms with E-state index in [2.05, 4.69) is 20.2 Å². The predicted octanol–water partition coefficient (Wildman–Crippen LogP) is 2.45. The number of halogens is 1. The predicted molar refractivity (Wildman–Crippen MR) is 93.0 cm³/mol. The van der Waals surface area contributed by atoms with E-state index in [1.807, 2.05) is 19.1 Å². The Morgan fingerprint density at radius 3 is 3.08 bits per heavy atom. The lowest BCUT2D eigenvalue weighted by Crippen LogP contribution is -2.42. The van der Waals surface area contributed by atoms with Crippen LogP contribution in [0, 0.1) is 18.7 Å². The molecule has 1 aliphatic rings. The van der Waals surface area contributed by atoms with Gasteiger partial charge in [0.1, 0.15) is 11.6 Å². The van der Waals surface area contributed by atoms with Gasteiger partial charge in [0.25, 0.3) is 0 Å². The number of amides is 1. The van der Waals surface area contributed by atoms with Crippen LogP contribution in [-0.4, -0.2) is 33.9 Å². The molecule has 1 N–H and O–H groups in total. The Morgan fingerprint density at radius 2 is 2.28 bits per heavy atom. The molecule has 0 radical (unpaired) electrons.